The van der Waals surface area contributed by atoms with E-state index in [2.05, 4.69) is 15.3 Å². The molecule has 1 aliphatic rings. The Morgan fingerprint density at radius 2 is 2.25 bits per heavy atom. The molecule has 112 valence electrons. The van der Waals surface area contributed by atoms with Crippen LogP contribution in [-0.4, -0.2) is 40.6 Å². The average molecular weight is 281 g/mol. The zero-order chi connectivity index (χ0) is 14.9. The largest absolute Gasteiger partial charge is 0.444 e. The van der Waals surface area contributed by atoms with Crippen LogP contribution in [-0.2, 0) is 11.8 Å². The van der Waals surface area contributed by atoms with Gasteiger partial charge in [0.2, 0.25) is 0 Å². The molecular weight excluding hydrogens is 258 g/mol. The number of nitrogens with two attached hydrogens (primary N) is 1. The van der Waals surface area contributed by atoms with Crippen molar-refractivity contribution in [1.29, 1.82) is 0 Å². The standard InChI is InChI=1S/C13H23N5O2/c1-13(2,3)20-12(19)15-9-5-6-18(7-9)11-10(14)8-17(4)16-11/h8-9H,5-7,14H2,1-4H3,(H,15,19). The number of carbonyl (C=O) groups excluding carboxylic acids is 1. The van der Waals surface area contributed by atoms with Gasteiger partial charge in [-0.2, -0.15) is 5.10 Å². The first kappa shape index (κ1) is 14.5. The first-order valence-electron chi connectivity index (χ1n) is 6.78. The summed E-state index contributed by atoms with van der Waals surface area (Å²) in [4.78, 5) is 13.8. The van der Waals surface area contributed by atoms with Crippen molar-refractivity contribution < 1.29 is 9.53 Å². The number of carbonyl (C=O) groups is 1. The van der Waals surface area contributed by atoms with Crippen molar-refractivity contribution in [3.05, 3.63) is 6.20 Å². The fourth-order valence-corrected chi connectivity index (χ4v) is 2.29. The molecule has 1 saturated heterocycles. The number of hydrogen-bond donors (Lipinski definition) is 2. The van der Waals surface area contributed by atoms with Crippen LogP contribution < -0.4 is 16.0 Å². The van der Waals surface area contributed by atoms with Crippen LogP contribution in [0.4, 0.5) is 16.3 Å². The van der Waals surface area contributed by atoms with E-state index >= 15 is 0 Å². The van der Waals surface area contributed by atoms with Crippen LogP contribution in [0.15, 0.2) is 6.20 Å². The van der Waals surface area contributed by atoms with Crippen molar-refractivity contribution in [1.82, 2.24) is 15.1 Å². The van der Waals surface area contributed by atoms with Gasteiger partial charge in [-0.3, -0.25) is 4.68 Å². The number of nitrogens with zero attached hydrogens (tertiary/aromatic N) is 3. The molecule has 7 heteroatoms. The maximum absolute atomic E-state index is 11.7. The second-order valence-corrected chi connectivity index (χ2v) is 6.16. The van der Waals surface area contributed by atoms with Gasteiger partial charge in [-0.05, 0) is 27.2 Å². The highest BCUT2D eigenvalue weighted by Gasteiger charge is 2.28. The molecule has 1 unspecified atom stereocenters. The van der Waals surface area contributed by atoms with Crippen molar-refractivity contribution in [2.75, 3.05) is 23.7 Å². The Morgan fingerprint density at radius 1 is 1.55 bits per heavy atom. The first-order chi connectivity index (χ1) is 9.24. The minimum atomic E-state index is -0.478. The van der Waals surface area contributed by atoms with Crippen LogP contribution in [0.3, 0.4) is 0 Å². The van der Waals surface area contributed by atoms with E-state index in [1.54, 1.807) is 10.9 Å². The maximum atomic E-state index is 11.7. The van der Waals surface area contributed by atoms with E-state index in [0.717, 1.165) is 18.8 Å². The molecule has 0 saturated carbocycles. The Labute approximate surface area is 119 Å². The molecule has 0 spiro atoms. The fourth-order valence-electron chi connectivity index (χ4n) is 2.29. The highest BCUT2D eigenvalue weighted by molar-refractivity contribution is 5.69. The number of alkyl carbamates (subject to hydrolysis) is 1. The highest BCUT2D eigenvalue weighted by atomic mass is 16.6. The number of nitrogens with one attached hydrogen (secondary N) is 1. The Bertz CT molecular complexity index is 491. The Kier molecular flexibility index (Phi) is 3.78. The van der Waals surface area contributed by atoms with Crippen LogP contribution in [0.2, 0.25) is 0 Å². The van der Waals surface area contributed by atoms with Crippen LogP contribution in [0.5, 0.6) is 0 Å². The van der Waals surface area contributed by atoms with E-state index in [4.69, 9.17) is 10.5 Å². The van der Waals surface area contributed by atoms with Gasteiger partial charge in [-0.25, -0.2) is 4.79 Å². The number of aryl methyl sites for hydroxylation is 1. The summed E-state index contributed by atoms with van der Waals surface area (Å²) < 4.78 is 6.95. The number of hydrogen-bond acceptors (Lipinski definition) is 5. The summed E-state index contributed by atoms with van der Waals surface area (Å²) in [6.07, 6.45) is 2.26. The van der Waals surface area contributed by atoms with Gasteiger partial charge in [0.15, 0.2) is 5.82 Å². The second-order valence-electron chi connectivity index (χ2n) is 6.16. The predicted molar refractivity (Wildman–Crippen MR) is 77.6 cm³/mol. The first-order valence-corrected chi connectivity index (χ1v) is 6.78. The summed E-state index contributed by atoms with van der Waals surface area (Å²) in [6, 6.07) is 0.0613. The molecule has 1 amide bonds. The number of nitrogen functional groups attached to an aromatic ring is 1. The zero-order valence-corrected chi connectivity index (χ0v) is 12.5. The molecule has 1 aromatic heterocycles. The predicted octanol–water partition coefficient (Wildman–Crippen LogP) is 1.11. The van der Waals surface area contributed by atoms with E-state index in [-0.39, 0.29) is 12.1 Å². The molecule has 7 nitrogen and oxygen atoms in total. The summed E-state index contributed by atoms with van der Waals surface area (Å²) in [5, 5.41) is 7.22. The van der Waals surface area contributed by atoms with Crippen molar-refractivity contribution in [3.8, 4) is 0 Å². The van der Waals surface area contributed by atoms with Crippen molar-refractivity contribution >= 4 is 17.6 Å². The zero-order valence-electron chi connectivity index (χ0n) is 12.5. The third kappa shape index (κ3) is 3.55. The maximum Gasteiger partial charge on any atom is 0.407 e. The molecule has 0 radical (unpaired) electrons. The van der Waals surface area contributed by atoms with E-state index in [0.29, 0.717) is 12.2 Å². The van der Waals surface area contributed by atoms with Gasteiger partial charge in [0.05, 0.1) is 11.7 Å². The number of ether oxygens (including phenoxy) is 1. The van der Waals surface area contributed by atoms with Crippen LogP contribution in [0, 0.1) is 0 Å². The van der Waals surface area contributed by atoms with E-state index in [9.17, 15) is 4.79 Å². The van der Waals surface area contributed by atoms with Crippen molar-refractivity contribution in [2.45, 2.75) is 38.8 Å². The van der Waals surface area contributed by atoms with E-state index in [1.807, 2.05) is 27.8 Å². The van der Waals surface area contributed by atoms with Gasteiger partial charge in [0.25, 0.3) is 0 Å². The fraction of sp³-hybridized carbons (Fsp3) is 0.692. The summed E-state index contributed by atoms with van der Waals surface area (Å²) >= 11 is 0. The molecule has 3 N–H and O–H groups in total. The smallest absolute Gasteiger partial charge is 0.407 e. The van der Waals surface area contributed by atoms with Crippen LogP contribution >= 0.6 is 0 Å². The highest BCUT2D eigenvalue weighted by Crippen LogP contribution is 2.24. The van der Waals surface area contributed by atoms with Gasteiger partial charge in [0, 0.05) is 26.3 Å². The molecule has 1 fully saturated rings. The summed E-state index contributed by atoms with van der Waals surface area (Å²) in [6.45, 7) is 7.06. The van der Waals surface area contributed by atoms with Gasteiger partial charge >= 0.3 is 6.09 Å². The van der Waals surface area contributed by atoms with Crippen molar-refractivity contribution in [2.24, 2.45) is 7.05 Å². The van der Waals surface area contributed by atoms with Gasteiger partial charge in [-0.15, -0.1) is 0 Å². The lowest BCUT2D eigenvalue weighted by atomic mass is 10.2. The number of aromatic nitrogens is 2. The minimum absolute atomic E-state index is 0.0613. The van der Waals surface area contributed by atoms with Gasteiger partial charge < -0.3 is 20.7 Å². The lowest BCUT2D eigenvalue weighted by molar-refractivity contribution is 0.0509. The Hall–Kier alpha value is -1.92. The molecule has 2 heterocycles. The summed E-state index contributed by atoms with van der Waals surface area (Å²) in [5.41, 5.74) is 6.09. The number of rotatable bonds is 2. The average Bonchev–Trinajstić information content (AvgIpc) is 2.82. The monoisotopic (exact) mass is 281 g/mol. The number of amides is 1. The normalized spacial score (nSPS) is 19.2. The second kappa shape index (κ2) is 5.22. The molecule has 0 aromatic carbocycles. The summed E-state index contributed by atoms with van der Waals surface area (Å²) in [7, 11) is 1.84. The molecule has 1 aliphatic heterocycles. The molecule has 0 bridgehead atoms. The molecule has 2 rings (SSSR count). The molecule has 20 heavy (non-hydrogen) atoms. The van der Waals surface area contributed by atoms with Crippen LogP contribution in [0.25, 0.3) is 0 Å². The van der Waals surface area contributed by atoms with Gasteiger partial charge in [-0.1, -0.05) is 0 Å². The van der Waals surface area contributed by atoms with Crippen molar-refractivity contribution in [3.63, 3.8) is 0 Å². The topological polar surface area (TPSA) is 85.4 Å². The van der Waals surface area contributed by atoms with E-state index < -0.39 is 5.60 Å². The van der Waals surface area contributed by atoms with Crippen LogP contribution in [0.1, 0.15) is 27.2 Å². The minimum Gasteiger partial charge on any atom is -0.444 e. The summed E-state index contributed by atoms with van der Waals surface area (Å²) in [5.74, 6) is 0.779. The molecule has 1 aromatic rings. The van der Waals surface area contributed by atoms with Gasteiger partial charge in [0.1, 0.15) is 5.60 Å². The third-order valence-corrected chi connectivity index (χ3v) is 3.05. The molecule has 1 atom stereocenters. The lowest BCUT2D eigenvalue weighted by Gasteiger charge is -2.22. The lowest BCUT2D eigenvalue weighted by Crippen LogP contribution is -2.40. The quantitative estimate of drug-likeness (QED) is 0.848. The third-order valence-electron chi connectivity index (χ3n) is 3.05. The molecular formula is C13H23N5O2. The Morgan fingerprint density at radius 3 is 2.80 bits per heavy atom. The Balaban J connectivity index is 1.90. The molecule has 0 aliphatic carbocycles. The number of anilines is 2. The van der Waals surface area contributed by atoms with E-state index in [1.165, 1.54) is 0 Å². The SMILES string of the molecule is Cn1cc(N)c(N2CCC(NC(=O)OC(C)(C)C)C2)n1.